The molecule has 0 bridgehead atoms. The van der Waals surface area contributed by atoms with Crippen LogP contribution in [0.3, 0.4) is 0 Å². The predicted octanol–water partition coefficient (Wildman–Crippen LogP) is 0.779. The number of hydrogen-bond acceptors (Lipinski definition) is 4. The largest absolute Gasteiger partial charge is 0.476 e. The Morgan fingerprint density at radius 3 is 2.60 bits per heavy atom. The maximum Gasteiger partial charge on any atom is 0.358 e. The van der Waals surface area contributed by atoms with Crippen molar-refractivity contribution >= 4 is 11.9 Å². The quantitative estimate of drug-likeness (QED) is 0.839. The monoisotopic (exact) mass is 274 g/mol. The fraction of sp³-hybridized carbons (Fsp3) is 0.231. The van der Waals surface area contributed by atoms with Gasteiger partial charge >= 0.3 is 5.97 Å². The highest BCUT2D eigenvalue weighted by molar-refractivity contribution is 5.92. The summed E-state index contributed by atoms with van der Waals surface area (Å²) in [6.07, 6.45) is 0. The van der Waals surface area contributed by atoms with Gasteiger partial charge in [0.15, 0.2) is 5.69 Å². The van der Waals surface area contributed by atoms with Crippen molar-refractivity contribution < 1.29 is 14.7 Å². The number of nitrogens with zero attached hydrogens (tertiary/aromatic N) is 3. The van der Waals surface area contributed by atoms with Gasteiger partial charge in [-0.2, -0.15) is 0 Å². The van der Waals surface area contributed by atoms with Crippen molar-refractivity contribution in [2.45, 2.75) is 13.5 Å². The van der Waals surface area contributed by atoms with Gasteiger partial charge in [-0.1, -0.05) is 35.5 Å². The lowest BCUT2D eigenvalue weighted by atomic mass is 10.1. The molecule has 104 valence electrons. The van der Waals surface area contributed by atoms with E-state index in [1.54, 1.807) is 12.1 Å². The lowest BCUT2D eigenvalue weighted by Crippen LogP contribution is -2.25. The van der Waals surface area contributed by atoms with E-state index in [0.29, 0.717) is 18.8 Å². The molecule has 0 saturated heterocycles. The number of rotatable bonds is 5. The van der Waals surface area contributed by atoms with E-state index in [1.807, 2.05) is 18.2 Å². The summed E-state index contributed by atoms with van der Waals surface area (Å²) in [4.78, 5) is 22.1. The third kappa shape index (κ3) is 3.00. The van der Waals surface area contributed by atoms with Crippen LogP contribution in [0.25, 0.3) is 11.3 Å². The number of aromatic carboxylic acids is 1. The van der Waals surface area contributed by atoms with Gasteiger partial charge in [-0.3, -0.25) is 4.79 Å². The zero-order chi connectivity index (χ0) is 14.5. The van der Waals surface area contributed by atoms with Crippen molar-refractivity contribution in [1.29, 1.82) is 0 Å². The number of aromatic nitrogens is 3. The van der Waals surface area contributed by atoms with Gasteiger partial charge in [-0.05, 0) is 0 Å². The first-order chi connectivity index (χ1) is 9.59. The number of carbonyl (C=O) groups excluding carboxylic acids is 1. The topological polar surface area (TPSA) is 97.1 Å². The van der Waals surface area contributed by atoms with Gasteiger partial charge in [-0.15, -0.1) is 5.10 Å². The number of carboxylic acids is 1. The van der Waals surface area contributed by atoms with Crippen molar-refractivity contribution in [3.63, 3.8) is 0 Å². The second-order valence-corrected chi connectivity index (χ2v) is 4.16. The van der Waals surface area contributed by atoms with Crippen molar-refractivity contribution in [3.05, 3.63) is 36.0 Å². The number of carbonyl (C=O) groups is 2. The highest BCUT2D eigenvalue weighted by atomic mass is 16.4. The summed E-state index contributed by atoms with van der Waals surface area (Å²) in [5, 5.41) is 19.3. The minimum atomic E-state index is -1.13. The number of carboxylic acid groups (broad SMARTS) is 1. The van der Waals surface area contributed by atoms with E-state index in [-0.39, 0.29) is 11.6 Å². The van der Waals surface area contributed by atoms with E-state index in [4.69, 9.17) is 5.11 Å². The Labute approximate surface area is 115 Å². The molecule has 2 rings (SSSR count). The fourth-order valence-corrected chi connectivity index (χ4v) is 1.83. The molecule has 0 fully saturated rings. The minimum Gasteiger partial charge on any atom is -0.476 e. The van der Waals surface area contributed by atoms with Crippen LogP contribution in [0.15, 0.2) is 30.3 Å². The Hall–Kier alpha value is -2.70. The Morgan fingerprint density at radius 1 is 1.30 bits per heavy atom. The predicted molar refractivity (Wildman–Crippen MR) is 71.1 cm³/mol. The number of hydrogen-bond donors (Lipinski definition) is 2. The third-order valence-electron chi connectivity index (χ3n) is 2.68. The van der Waals surface area contributed by atoms with Gasteiger partial charge in [-0.25, -0.2) is 9.48 Å². The molecule has 0 saturated carbocycles. The molecule has 0 aliphatic rings. The van der Waals surface area contributed by atoms with E-state index in [9.17, 15) is 9.59 Å². The molecule has 7 nitrogen and oxygen atoms in total. The van der Waals surface area contributed by atoms with Crippen LogP contribution in [0.4, 0.5) is 0 Å². The molecule has 1 aromatic carbocycles. The molecule has 1 amide bonds. The van der Waals surface area contributed by atoms with Crippen LogP contribution in [0.2, 0.25) is 0 Å². The lowest BCUT2D eigenvalue weighted by molar-refractivity contribution is -0.119. The number of benzene rings is 1. The first kappa shape index (κ1) is 13.7. The summed E-state index contributed by atoms with van der Waals surface area (Å²) in [7, 11) is 0. The van der Waals surface area contributed by atoms with Crippen LogP contribution in [0.1, 0.15) is 17.4 Å². The van der Waals surface area contributed by atoms with Crippen LogP contribution in [0.5, 0.6) is 0 Å². The number of amides is 1. The van der Waals surface area contributed by atoms with Gasteiger partial charge in [0, 0.05) is 19.0 Å². The molecule has 1 aromatic heterocycles. The highest BCUT2D eigenvalue weighted by Crippen LogP contribution is 2.21. The molecular formula is C13H14N4O3. The maximum atomic E-state index is 11.2. The van der Waals surface area contributed by atoms with Crippen molar-refractivity contribution in [2.75, 3.05) is 6.54 Å². The highest BCUT2D eigenvalue weighted by Gasteiger charge is 2.20. The molecule has 0 aliphatic carbocycles. The average Bonchev–Trinajstić information content (AvgIpc) is 2.83. The zero-order valence-corrected chi connectivity index (χ0v) is 10.9. The number of nitrogens with one attached hydrogen (secondary N) is 1. The molecule has 1 heterocycles. The summed E-state index contributed by atoms with van der Waals surface area (Å²) in [5.74, 6) is -1.28. The van der Waals surface area contributed by atoms with Crippen molar-refractivity contribution in [3.8, 4) is 11.3 Å². The van der Waals surface area contributed by atoms with Crippen molar-refractivity contribution in [1.82, 2.24) is 20.3 Å². The van der Waals surface area contributed by atoms with Gasteiger partial charge in [0.05, 0.1) is 6.54 Å². The molecule has 20 heavy (non-hydrogen) atoms. The normalized spacial score (nSPS) is 10.2. The fourth-order valence-electron chi connectivity index (χ4n) is 1.83. The average molecular weight is 274 g/mol. The SMILES string of the molecule is CC(=O)NCCn1nnc(C(=O)O)c1-c1ccccc1. The lowest BCUT2D eigenvalue weighted by Gasteiger charge is -2.07. The van der Waals surface area contributed by atoms with E-state index < -0.39 is 5.97 Å². The van der Waals surface area contributed by atoms with E-state index in [1.165, 1.54) is 11.6 Å². The van der Waals surface area contributed by atoms with Crippen LogP contribution in [0, 0.1) is 0 Å². The zero-order valence-electron chi connectivity index (χ0n) is 10.9. The Kier molecular flexibility index (Phi) is 4.09. The summed E-state index contributed by atoms with van der Waals surface area (Å²) in [6.45, 7) is 2.13. The molecular weight excluding hydrogens is 260 g/mol. The summed E-state index contributed by atoms with van der Waals surface area (Å²) >= 11 is 0. The Bertz CT molecular complexity index is 622. The van der Waals surface area contributed by atoms with Gasteiger partial charge in [0.1, 0.15) is 5.69 Å². The molecule has 0 atom stereocenters. The molecule has 2 aromatic rings. The molecule has 7 heteroatoms. The standard InChI is InChI=1S/C13H14N4O3/c1-9(18)14-7-8-17-12(10-5-3-2-4-6-10)11(13(19)20)15-16-17/h2-6H,7-8H2,1H3,(H,14,18)(H,19,20). The maximum absolute atomic E-state index is 11.2. The molecule has 0 radical (unpaired) electrons. The van der Waals surface area contributed by atoms with E-state index >= 15 is 0 Å². The summed E-state index contributed by atoms with van der Waals surface area (Å²) < 4.78 is 1.48. The minimum absolute atomic E-state index is 0.0981. The molecule has 0 aliphatic heterocycles. The molecule has 0 unspecified atom stereocenters. The Balaban J connectivity index is 2.33. The second kappa shape index (κ2) is 5.96. The van der Waals surface area contributed by atoms with E-state index in [2.05, 4.69) is 15.6 Å². The summed E-state index contributed by atoms with van der Waals surface area (Å²) in [5.41, 5.74) is 1.06. The van der Waals surface area contributed by atoms with Crippen LogP contribution < -0.4 is 5.32 Å². The summed E-state index contributed by atoms with van der Waals surface area (Å²) in [6, 6.07) is 9.05. The Morgan fingerprint density at radius 2 is 2.00 bits per heavy atom. The van der Waals surface area contributed by atoms with Crippen LogP contribution >= 0.6 is 0 Å². The van der Waals surface area contributed by atoms with Crippen LogP contribution in [-0.4, -0.2) is 38.5 Å². The van der Waals surface area contributed by atoms with E-state index in [0.717, 1.165) is 5.56 Å². The van der Waals surface area contributed by atoms with Gasteiger partial charge < -0.3 is 10.4 Å². The van der Waals surface area contributed by atoms with Gasteiger partial charge in [0.2, 0.25) is 5.91 Å². The molecule has 0 spiro atoms. The molecule has 2 N–H and O–H groups in total. The van der Waals surface area contributed by atoms with Crippen LogP contribution in [-0.2, 0) is 11.3 Å². The third-order valence-corrected chi connectivity index (χ3v) is 2.68. The second-order valence-electron chi connectivity index (χ2n) is 4.16. The smallest absolute Gasteiger partial charge is 0.358 e. The van der Waals surface area contributed by atoms with Gasteiger partial charge in [0.25, 0.3) is 0 Å². The first-order valence-electron chi connectivity index (χ1n) is 6.06. The van der Waals surface area contributed by atoms with Crippen molar-refractivity contribution in [2.24, 2.45) is 0 Å². The first-order valence-corrected chi connectivity index (χ1v) is 6.06.